The third-order valence-electron chi connectivity index (χ3n) is 2.48. The van der Waals surface area contributed by atoms with Gasteiger partial charge in [0.2, 0.25) is 0 Å². The predicted molar refractivity (Wildman–Crippen MR) is 53.2 cm³/mol. The lowest BCUT2D eigenvalue weighted by atomic mass is 10.1. The van der Waals surface area contributed by atoms with Crippen LogP contribution in [0.15, 0.2) is 0 Å². The normalized spacial score (nSPS) is 34.1. The van der Waals surface area contributed by atoms with Gasteiger partial charge in [-0.05, 0) is 25.0 Å². The molecule has 0 aromatic carbocycles. The van der Waals surface area contributed by atoms with Crippen molar-refractivity contribution >= 4 is 11.8 Å². The molecule has 0 aromatic heterocycles. The van der Waals surface area contributed by atoms with Crippen molar-refractivity contribution in [1.82, 2.24) is 5.32 Å². The lowest BCUT2D eigenvalue weighted by Crippen LogP contribution is -2.39. The molecule has 1 aliphatic heterocycles. The Morgan fingerprint density at radius 2 is 2.27 bits per heavy atom. The zero-order valence-corrected chi connectivity index (χ0v) is 8.58. The van der Waals surface area contributed by atoms with Crippen molar-refractivity contribution in [1.29, 1.82) is 0 Å². The Morgan fingerprint density at radius 1 is 1.55 bits per heavy atom. The standard InChI is InChI=1S/C9H19NS/c1-4-8(3)10-9-6-11-5-7(9)2/h7-10H,4-6H2,1-3H3. The van der Waals surface area contributed by atoms with Crippen LogP contribution in [0.2, 0.25) is 0 Å². The van der Waals surface area contributed by atoms with Crippen LogP contribution in [0.4, 0.5) is 0 Å². The van der Waals surface area contributed by atoms with Gasteiger partial charge in [0, 0.05) is 17.8 Å². The Labute approximate surface area is 74.3 Å². The molecule has 1 N–H and O–H groups in total. The summed E-state index contributed by atoms with van der Waals surface area (Å²) in [6, 6.07) is 1.47. The predicted octanol–water partition coefficient (Wildman–Crippen LogP) is 2.13. The van der Waals surface area contributed by atoms with Crippen LogP contribution in [0.25, 0.3) is 0 Å². The largest absolute Gasteiger partial charge is 0.310 e. The Kier molecular flexibility index (Phi) is 3.73. The molecule has 0 radical (unpaired) electrons. The maximum atomic E-state index is 3.66. The molecule has 1 aliphatic rings. The Hall–Kier alpha value is 0.310. The molecule has 0 aromatic rings. The third kappa shape index (κ3) is 2.68. The molecule has 0 amide bonds. The first-order chi connectivity index (χ1) is 5.24. The molecular weight excluding hydrogens is 154 g/mol. The second-order valence-corrected chi connectivity index (χ2v) is 4.67. The van der Waals surface area contributed by atoms with E-state index < -0.39 is 0 Å². The minimum atomic E-state index is 0.696. The monoisotopic (exact) mass is 173 g/mol. The molecule has 3 atom stereocenters. The van der Waals surface area contributed by atoms with Crippen LogP contribution in [0.1, 0.15) is 27.2 Å². The van der Waals surface area contributed by atoms with Crippen LogP contribution >= 0.6 is 11.8 Å². The topological polar surface area (TPSA) is 12.0 Å². The van der Waals surface area contributed by atoms with Gasteiger partial charge in [0.05, 0.1) is 0 Å². The molecule has 1 fully saturated rings. The Morgan fingerprint density at radius 3 is 2.73 bits per heavy atom. The van der Waals surface area contributed by atoms with E-state index in [-0.39, 0.29) is 0 Å². The van der Waals surface area contributed by atoms with E-state index in [0.29, 0.717) is 6.04 Å². The summed E-state index contributed by atoms with van der Waals surface area (Å²) < 4.78 is 0. The van der Waals surface area contributed by atoms with Crippen LogP contribution in [0.3, 0.4) is 0 Å². The van der Waals surface area contributed by atoms with E-state index in [1.54, 1.807) is 0 Å². The first-order valence-electron chi connectivity index (χ1n) is 4.57. The molecule has 0 bridgehead atoms. The summed E-state index contributed by atoms with van der Waals surface area (Å²) in [5, 5.41) is 3.66. The maximum absolute atomic E-state index is 3.66. The third-order valence-corrected chi connectivity index (χ3v) is 3.83. The molecule has 1 nitrogen and oxygen atoms in total. The van der Waals surface area contributed by atoms with E-state index in [1.165, 1.54) is 17.9 Å². The number of nitrogens with one attached hydrogen (secondary N) is 1. The van der Waals surface area contributed by atoms with E-state index in [4.69, 9.17) is 0 Å². The van der Waals surface area contributed by atoms with Crippen molar-refractivity contribution in [3.8, 4) is 0 Å². The molecule has 3 unspecified atom stereocenters. The summed E-state index contributed by atoms with van der Waals surface area (Å²) in [6.07, 6.45) is 1.24. The van der Waals surface area contributed by atoms with Crippen molar-refractivity contribution in [3.05, 3.63) is 0 Å². The highest BCUT2D eigenvalue weighted by molar-refractivity contribution is 7.99. The van der Waals surface area contributed by atoms with Gasteiger partial charge in [0.15, 0.2) is 0 Å². The van der Waals surface area contributed by atoms with Crippen LogP contribution in [-0.4, -0.2) is 23.6 Å². The first kappa shape index (κ1) is 9.40. The minimum absolute atomic E-state index is 0.696. The molecule has 66 valence electrons. The maximum Gasteiger partial charge on any atom is 0.0194 e. The van der Waals surface area contributed by atoms with E-state index in [2.05, 4.69) is 37.8 Å². The van der Waals surface area contributed by atoms with Crippen LogP contribution in [0.5, 0.6) is 0 Å². The lowest BCUT2D eigenvalue weighted by Gasteiger charge is -2.20. The summed E-state index contributed by atoms with van der Waals surface area (Å²) in [4.78, 5) is 0. The average Bonchev–Trinajstić information content (AvgIpc) is 2.37. The quantitative estimate of drug-likeness (QED) is 0.701. The fourth-order valence-corrected chi connectivity index (χ4v) is 2.78. The van der Waals surface area contributed by atoms with Crippen molar-refractivity contribution < 1.29 is 0 Å². The lowest BCUT2D eigenvalue weighted by molar-refractivity contribution is 0.399. The smallest absolute Gasteiger partial charge is 0.0194 e. The van der Waals surface area contributed by atoms with Gasteiger partial charge >= 0.3 is 0 Å². The Bertz CT molecular complexity index is 116. The molecule has 1 saturated heterocycles. The minimum Gasteiger partial charge on any atom is -0.310 e. The van der Waals surface area contributed by atoms with Crippen molar-refractivity contribution in [2.75, 3.05) is 11.5 Å². The average molecular weight is 173 g/mol. The number of rotatable bonds is 3. The summed E-state index contributed by atoms with van der Waals surface area (Å²) in [6.45, 7) is 6.86. The number of hydrogen-bond donors (Lipinski definition) is 1. The highest BCUT2D eigenvalue weighted by Crippen LogP contribution is 2.23. The molecule has 11 heavy (non-hydrogen) atoms. The summed E-state index contributed by atoms with van der Waals surface area (Å²) in [5.74, 6) is 3.52. The zero-order chi connectivity index (χ0) is 8.27. The number of thioether (sulfide) groups is 1. The van der Waals surface area contributed by atoms with Gasteiger partial charge in [-0.1, -0.05) is 13.8 Å². The summed E-state index contributed by atoms with van der Waals surface area (Å²) >= 11 is 2.08. The van der Waals surface area contributed by atoms with E-state index in [9.17, 15) is 0 Å². The SMILES string of the molecule is CCC(C)NC1CSCC1C. The van der Waals surface area contributed by atoms with Crippen molar-refractivity contribution in [3.63, 3.8) is 0 Å². The highest BCUT2D eigenvalue weighted by Gasteiger charge is 2.24. The fourth-order valence-electron chi connectivity index (χ4n) is 1.36. The van der Waals surface area contributed by atoms with Gasteiger partial charge < -0.3 is 5.32 Å². The van der Waals surface area contributed by atoms with Crippen molar-refractivity contribution in [2.45, 2.75) is 39.3 Å². The molecule has 0 saturated carbocycles. The molecular formula is C9H19NS. The zero-order valence-electron chi connectivity index (χ0n) is 7.76. The first-order valence-corrected chi connectivity index (χ1v) is 5.73. The summed E-state index contributed by atoms with van der Waals surface area (Å²) in [7, 11) is 0. The van der Waals surface area contributed by atoms with Gasteiger partial charge in [-0.2, -0.15) is 11.8 Å². The molecule has 1 rings (SSSR count). The molecule has 2 heteroatoms. The van der Waals surface area contributed by atoms with Gasteiger partial charge in [-0.3, -0.25) is 0 Å². The molecule has 0 spiro atoms. The van der Waals surface area contributed by atoms with Crippen molar-refractivity contribution in [2.24, 2.45) is 5.92 Å². The second-order valence-electron chi connectivity index (χ2n) is 3.60. The fraction of sp³-hybridized carbons (Fsp3) is 1.00. The van der Waals surface area contributed by atoms with E-state index >= 15 is 0 Å². The van der Waals surface area contributed by atoms with Crippen LogP contribution < -0.4 is 5.32 Å². The Balaban J connectivity index is 2.24. The van der Waals surface area contributed by atoms with Gasteiger partial charge in [-0.15, -0.1) is 0 Å². The van der Waals surface area contributed by atoms with Gasteiger partial charge in [0.25, 0.3) is 0 Å². The van der Waals surface area contributed by atoms with Crippen LogP contribution in [0, 0.1) is 5.92 Å². The summed E-state index contributed by atoms with van der Waals surface area (Å²) in [5.41, 5.74) is 0. The van der Waals surface area contributed by atoms with E-state index in [0.717, 1.165) is 12.0 Å². The van der Waals surface area contributed by atoms with Crippen LogP contribution in [-0.2, 0) is 0 Å². The second kappa shape index (κ2) is 4.36. The van der Waals surface area contributed by atoms with Gasteiger partial charge in [-0.25, -0.2) is 0 Å². The van der Waals surface area contributed by atoms with Gasteiger partial charge in [0.1, 0.15) is 0 Å². The molecule has 0 aliphatic carbocycles. The molecule has 1 heterocycles. The number of hydrogen-bond acceptors (Lipinski definition) is 2. The highest BCUT2D eigenvalue weighted by atomic mass is 32.2. The van der Waals surface area contributed by atoms with E-state index in [1.807, 2.05) is 0 Å².